The third-order valence-electron chi connectivity index (χ3n) is 2.33. The molecular formula is C11H10ClN3O2S. The smallest absolute Gasteiger partial charge is 0.358 e. The Balaban J connectivity index is 2.12. The molecule has 0 unspecified atom stereocenters. The van der Waals surface area contributed by atoms with Crippen molar-refractivity contribution in [3.63, 3.8) is 0 Å². The van der Waals surface area contributed by atoms with Gasteiger partial charge in [0, 0.05) is 17.8 Å². The van der Waals surface area contributed by atoms with Crippen molar-refractivity contribution in [2.24, 2.45) is 7.05 Å². The van der Waals surface area contributed by atoms with Crippen molar-refractivity contribution in [1.29, 1.82) is 0 Å². The minimum Gasteiger partial charge on any atom is -0.358 e. The van der Waals surface area contributed by atoms with Crippen LogP contribution >= 0.6 is 23.4 Å². The number of halogens is 1. The van der Waals surface area contributed by atoms with Crippen LogP contribution in [-0.2, 0) is 12.8 Å². The Bertz CT molecular complexity index is 568. The van der Waals surface area contributed by atoms with Gasteiger partial charge in [0.15, 0.2) is 5.03 Å². The average molecular weight is 284 g/mol. The number of aryl methyl sites for hydroxylation is 1. The number of rotatable bonds is 4. The molecule has 0 spiro atoms. The van der Waals surface area contributed by atoms with Crippen LogP contribution in [0.25, 0.3) is 0 Å². The molecule has 0 amide bonds. The Morgan fingerprint density at radius 1 is 1.44 bits per heavy atom. The van der Waals surface area contributed by atoms with Crippen LogP contribution in [0, 0.1) is 10.1 Å². The van der Waals surface area contributed by atoms with E-state index < -0.39 is 4.92 Å². The van der Waals surface area contributed by atoms with Crippen molar-refractivity contribution < 1.29 is 4.92 Å². The number of nitrogens with zero attached hydrogens (tertiary/aromatic N) is 3. The Morgan fingerprint density at radius 3 is 2.72 bits per heavy atom. The average Bonchev–Trinajstić information content (AvgIpc) is 2.70. The van der Waals surface area contributed by atoms with Crippen LogP contribution in [-0.4, -0.2) is 14.5 Å². The van der Waals surface area contributed by atoms with Gasteiger partial charge in [0.1, 0.15) is 0 Å². The number of thioether (sulfide) groups is 1. The summed E-state index contributed by atoms with van der Waals surface area (Å²) in [4.78, 5) is 14.1. The first-order valence-corrected chi connectivity index (χ1v) is 6.47. The first-order valence-electron chi connectivity index (χ1n) is 5.11. The normalized spacial score (nSPS) is 10.6. The van der Waals surface area contributed by atoms with Crippen LogP contribution in [0.4, 0.5) is 5.82 Å². The Kier molecular flexibility index (Phi) is 3.88. The molecule has 0 atom stereocenters. The monoisotopic (exact) mass is 283 g/mol. The Morgan fingerprint density at radius 2 is 2.11 bits per heavy atom. The fourth-order valence-corrected chi connectivity index (χ4v) is 2.56. The molecule has 0 fully saturated rings. The van der Waals surface area contributed by atoms with Gasteiger partial charge in [-0.05, 0) is 27.6 Å². The first-order chi connectivity index (χ1) is 8.58. The quantitative estimate of drug-likeness (QED) is 0.491. The number of benzene rings is 1. The van der Waals surface area contributed by atoms with Crippen molar-refractivity contribution in [1.82, 2.24) is 9.55 Å². The Hall–Kier alpha value is -1.53. The van der Waals surface area contributed by atoms with Gasteiger partial charge in [0.2, 0.25) is 6.33 Å². The van der Waals surface area contributed by atoms with E-state index in [4.69, 9.17) is 11.6 Å². The summed E-state index contributed by atoms with van der Waals surface area (Å²) in [7, 11) is 1.74. The second-order valence-corrected chi connectivity index (χ2v) is 5.06. The van der Waals surface area contributed by atoms with Crippen molar-refractivity contribution in [2.75, 3.05) is 0 Å². The molecule has 1 aromatic carbocycles. The van der Waals surface area contributed by atoms with E-state index in [-0.39, 0.29) is 5.82 Å². The lowest BCUT2D eigenvalue weighted by Crippen LogP contribution is -1.94. The fourth-order valence-electron chi connectivity index (χ4n) is 1.43. The van der Waals surface area contributed by atoms with Crippen LogP contribution < -0.4 is 0 Å². The second-order valence-electron chi connectivity index (χ2n) is 3.66. The first kappa shape index (κ1) is 12.9. The van der Waals surface area contributed by atoms with Crippen molar-refractivity contribution in [3.05, 3.63) is 51.3 Å². The zero-order chi connectivity index (χ0) is 13.1. The maximum absolute atomic E-state index is 10.8. The van der Waals surface area contributed by atoms with E-state index in [1.54, 1.807) is 23.7 Å². The SMILES string of the molecule is Cn1cnc([N+](=O)[O-])c1SCc1ccc(Cl)cc1. The standard InChI is InChI=1S/C11H10ClN3O2S/c1-14-7-13-10(15(16)17)11(14)18-6-8-2-4-9(12)5-3-8/h2-5,7H,6H2,1H3. The minimum absolute atomic E-state index is 0.100. The number of nitro groups is 1. The molecule has 0 saturated carbocycles. The third kappa shape index (κ3) is 2.83. The number of hydrogen-bond acceptors (Lipinski definition) is 4. The maximum atomic E-state index is 10.8. The number of aromatic nitrogens is 2. The molecule has 94 valence electrons. The lowest BCUT2D eigenvalue weighted by Gasteiger charge is -2.02. The zero-order valence-electron chi connectivity index (χ0n) is 9.54. The minimum atomic E-state index is -0.468. The predicted octanol–water partition coefficient (Wildman–Crippen LogP) is 3.27. The van der Waals surface area contributed by atoms with E-state index >= 15 is 0 Å². The molecule has 0 saturated heterocycles. The van der Waals surface area contributed by atoms with E-state index in [9.17, 15) is 10.1 Å². The molecule has 18 heavy (non-hydrogen) atoms. The van der Waals surface area contributed by atoms with E-state index in [0.29, 0.717) is 15.8 Å². The lowest BCUT2D eigenvalue weighted by atomic mass is 10.2. The molecule has 0 N–H and O–H groups in total. The molecule has 0 aliphatic heterocycles. The Labute approximate surface area is 113 Å². The zero-order valence-corrected chi connectivity index (χ0v) is 11.1. The van der Waals surface area contributed by atoms with Gasteiger partial charge >= 0.3 is 5.82 Å². The van der Waals surface area contributed by atoms with Crippen molar-refractivity contribution >= 4 is 29.2 Å². The highest BCUT2D eigenvalue weighted by Crippen LogP contribution is 2.30. The summed E-state index contributed by atoms with van der Waals surface area (Å²) >= 11 is 7.18. The van der Waals surface area contributed by atoms with Gasteiger partial charge in [0.25, 0.3) is 0 Å². The fraction of sp³-hybridized carbons (Fsp3) is 0.182. The molecule has 0 aliphatic carbocycles. The summed E-state index contributed by atoms with van der Waals surface area (Å²) in [6.45, 7) is 0. The van der Waals surface area contributed by atoms with Crippen LogP contribution in [0.2, 0.25) is 5.02 Å². The maximum Gasteiger partial charge on any atom is 0.395 e. The molecule has 2 rings (SSSR count). The predicted molar refractivity (Wildman–Crippen MR) is 70.9 cm³/mol. The van der Waals surface area contributed by atoms with Crippen LogP contribution in [0.3, 0.4) is 0 Å². The van der Waals surface area contributed by atoms with Gasteiger partial charge in [-0.25, -0.2) is 0 Å². The third-order valence-corrected chi connectivity index (χ3v) is 3.80. The van der Waals surface area contributed by atoms with Gasteiger partial charge in [-0.3, -0.25) is 0 Å². The van der Waals surface area contributed by atoms with Gasteiger partial charge in [-0.15, -0.1) is 0 Å². The van der Waals surface area contributed by atoms with E-state index in [1.807, 2.05) is 12.1 Å². The topological polar surface area (TPSA) is 61.0 Å². The molecular weight excluding hydrogens is 274 g/mol. The van der Waals surface area contributed by atoms with Gasteiger partial charge in [-0.1, -0.05) is 35.5 Å². The van der Waals surface area contributed by atoms with Crippen molar-refractivity contribution in [2.45, 2.75) is 10.8 Å². The molecule has 1 heterocycles. The highest BCUT2D eigenvalue weighted by Gasteiger charge is 2.20. The largest absolute Gasteiger partial charge is 0.395 e. The van der Waals surface area contributed by atoms with Crippen LogP contribution in [0.1, 0.15) is 5.56 Å². The van der Waals surface area contributed by atoms with Crippen LogP contribution in [0.15, 0.2) is 35.6 Å². The highest BCUT2D eigenvalue weighted by molar-refractivity contribution is 7.98. The summed E-state index contributed by atoms with van der Waals surface area (Å²) < 4.78 is 1.65. The molecule has 0 bridgehead atoms. The van der Waals surface area contributed by atoms with Gasteiger partial charge in [0.05, 0.1) is 0 Å². The summed E-state index contributed by atoms with van der Waals surface area (Å²) in [6.07, 6.45) is 1.45. The van der Waals surface area contributed by atoms with Crippen molar-refractivity contribution in [3.8, 4) is 0 Å². The molecule has 1 aromatic heterocycles. The van der Waals surface area contributed by atoms with Gasteiger partial charge in [-0.2, -0.15) is 0 Å². The molecule has 0 radical (unpaired) electrons. The summed E-state index contributed by atoms with van der Waals surface area (Å²) in [5, 5.41) is 12.0. The van der Waals surface area contributed by atoms with Crippen LogP contribution in [0.5, 0.6) is 0 Å². The number of imidazole rings is 1. The van der Waals surface area contributed by atoms with Gasteiger partial charge < -0.3 is 14.7 Å². The summed E-state index contributed by atoms with van der Waals surface area (Å²) in [6, 6.07) is 7.40. The molecule has 2 aromatic rings. The van der Waals surface area contributed by atoms with E-state index in [0.717, 1.165) is 5.56 Å². The number of hydrogen-bond donors (Lipinski definition) is 0. The molecule has 5 nitrogen and oxygen atoms in total. The summed E-state index contributed by atoms with van der Waals surface area (Å²) in [5.41, 5.74) is 1.06. The second kappa shape index (κ2) is 5.41. The molecule has 0 aliphatic rings. The lowest BCUT2D eigenvalue weighted by molar-refractivity contribution is -0.392. The molecule has 7 heteroatoms. The van der Waals surface area contributed by atoms with E-state index in [2.05, 4.69) is 4.98 Å². The highest BCUT2D eigenvalue weighted by atomic mass is 35.5. The summed E-state index contributed by atoms with van der Waals surface area (Å²) in [5.74, 6) is 0.536. The van der Waals surface area contributed by atoms with E-state index in [1.165, 1.54) is 18.1 Å².